The minimum Gasteiger partial charge on any atom is -0.444 e. The van der Waals surface area contributed by atoms with Crippen LogP contribution in [0.3, 0.4) is 0 Å². The van der Waals surface area contributed by atoms with E-state index in [4.69, 9.17) is 4.74 Å². The van der Waals surface area contributed by atoms with Crippen molar-refractivity contribution >= 4 is 34.4 Å². The summed E-state index contributed by atoms with van der Waals surface area (Å²) in [6.45, 7) is 10.0. The molecule has 0 heterocycles. The largest absolute Gasteiger partial charge is 0.444 e. The van der Waals surface area contributed by atoms with Gasteiger partial charge in [-0.15, -0.1) is 0 Å². The Morgan fingerprint density at radius 3 is 2.06 bits per heavy atom. The Morgan fingerprint density at radius 2 is 1.39 bits per heavy atom. The van der Waals surface area contributed by atoms with Gasteiger partial charge in [0.15, 0.2) is 0 Å². The fraction of sp³-hybridized carbons (Fsp3) is 0.405. The summed E-state index contributed by atoms with van der Waals surface area (Å²) in [6.07, 6.45) is 6.59. The first-order chi connectivity index (χ1) is 23.6. The fourth-order valence-corrected chi connectivity index (χ4v) is 6.02. The van der Waals surface area contributed by atoms with Gasteiger partial charge in [0.1, 0.15) is 17.7 Å². The molecule has 4 aromatic rings. The number of carbonyl (C=O) groups excluding carboxylic acids is 3. The second-order valence-electron chi connectivity index (χ2n) is 13.7. The number of ether oxygens (including phenoxy) is 1. The van der Waals surface area contributed by atoms with Crippen molar-refractivity contribution < 1.29 is 19.1 Å². The summed E-state index contributed by atoms with van der Waals surface area (Å²) in [5, 5.41) is 8.08. The number of aryl methyl sites for hydroxylation is 1. The van der Waals surface area contributed by atoms with Gasteiger partial charge in [-0.25, -0.2) is 4.79 Å². The number of rotatable bonds is 16. The summed E-state index contributed by atoms with van der Waals surface area (Å²) in [5.74, 6) is -0.643. The molecule has 2 atom stereocenters. The molecule has 0 saturated carbocycles. The molecule has 0 aliphatic heterocycles. The van der Waals surface area contributed by atoms with Crippen molar-refractivity contribution in [2.24, 2.45) is 0 Å². The smallest absolute Gasteiger partial charge is 0.408 e. The van der Waals surface area contributed by atoms with Crippen LogP contribution in [0.15, 0.2) is 97.1 Å². The van der Waals surface area contributed by atoms with Crippen LogP contribution in [0, 0.1) is 0 Å². The maximum Gasteiger partial charge on any atom is 0.408 e. The highest BCUT2D eigenvalue weighted by molar-refractivity contribution is 6.00. The van der Waals surface area contributed by atoms with Gasteiger partial charge in [-0.2, -0.15) is 0 Å². The first-order valence-corrected chi connectivity index (χ1v) is 17.8. The number of amides is 3. The van der Waals surface area contributed by atoms with Crippen molar-refractivity contribution in [1.82, 2.24) is 10.2 Å². The zero-order chi connectivity index (χ0) is 35.2. The summed E-state index contributed by atoms with van der Waals surface area (Å²) in [5.41, 5.74) is 2.65. The predicted molar refractivity (Wildman–Crippen MR) is 200 cm³/mol. The Balaban J connectivity index is 1.74. The summed E-state index contributed by atoms with van der Waals surface area (Å²) in [6, 6.07) is 29.4. The van der Waals surface area contributed by atoms with Crippen molar-refractivity contribution in [3.8, 4) is 0 Å². The van der Waals surface area contributed by atoms with Crippen LogP contribution in [-0.4, -0.2) is 41.0 Å². The van der Waals surface area contributed by atoms with E-state index in [2.05, 4.69) is 24.5 Å². The standard InChI is InChI=1S/C42H53N3O4/c1-6-8-9-10-11-17-28-45(40(47)37(29-32-18-13-12-14-19-32)44-41(48)49-42(3,4)5)38(34-24-22-31(7-2)23-25-34)39(46)43-36-27-26-33-20-15-16-21-35(33)30-36/h12-16,18-27,30,37-38H,6-11,17,28-29H2,1-5H3,(H,43,46)(H,44,48). The molecule has 7 nitrogen and oxygen atoms in total. The van der Waals surface area contributed by atoms with E-state index >= 15 is 0 Å². The molecule has 0 aliphatic carbocycles. The fourth-order valence-electron chi connectivity index (χ4n) is 6.02. The lowest BCUT2D eigenvalue weighted by atomic mass is 9.98. The molecule has 0 aliphatic rings. The Morgan fingerprint density at radius 1 is 0.735 bits per heavy atom. The second-order valence-corrected chi connectivity index (χ2v) is 13.7. The maximum absolute atomic E-state index is 14.9. The summed E-state index contributed by atoms with van der Waals surface area (Å²) in [7, 11) is 0. The Kier molecular flexibility index (Phi) is 13.8. The summed E-state index contributed by atoms with van der Waals surface area (Å²) in [4.78, 5) is 44.2. The van der Waals surface area contributed by atoms with E-state index in [0.29, 0.717) is 17.8 Å². The zero-order valence-corrected chi connectivity index (χ0v) is 29.8. The number of benzene rings is 4. The molecule has 3 amide bonds. The highest BCUT2D eigenvalue weighted by Gasteiger charge is 2.36. The number of anilines is 1. The second kappa shape index (κ2) is 18.2. The summed E-state index contributed by atoms with van der Waals surface area (Å²) >= 11 is 0. The van der Waals surface area contributed by atoms with Gasteiger partial charge in [-0.05, 0) is 73.2 Å². The lowest BCUT2D eigenvalue weighted by Crippen LogP contribution is -2.53. The van der Waals surface area contributed by atoms with Gasteiger partial charge in [0.25, 0.3) is 5.91 Å². The maximum atomic E-state index is 14.9. The quantitative estimate of drug-likeness (QED) is 0.117. The molecule has 0 spiro atoms. The molecule has 0 fully saturated rings. The minimum atomic E-state index is -0.955. The van der Waals surface area contributed by atoms with E-state index in [9.17, 15) is 14.4 Å². The van der Waals surface area contributed by atoms with E-state index in [1.54, 1.807) is 25.7 Å². The molecule has 0 radical (unpaired) electrons. The van der Waals surface area contributed by atoms with Crippen molar-refractivity contribution in [3.05, 3.63) is 114 Å². The van der Waals surface area contributed by atoms with Gasteiger partial charge < -0.3 is 20.3 Å². The SMILES string of the molecule is CCCCCCCCN(C(=O)C(Cc1ccccc1)NC(=O)OC(C)(C)C)C(C(=O)Nc1ccc2ccccc2c1)c1ccc(CC)cc1. The Labute approximate surface area is 292 Å². The predicted octanol–water partition coefficient (Wildman–Crippen LogP) is 9.41. The molecule has 49 heavy (non-hydrogen) atoms. The molecule has 0 saturated heterocycles. The third-order valence-corrected chi connectivity index (χ3v) is 8.59. The number of nitrogens with zero attached hydrogens (tertiary/aromatic N) is 1. The van der Waals surface area contributed by atoms with Crippen LogP contribution in [-0.2, 0) is 27.2 Å². The number of hydrogen-bond acceptors (Lipinski definition) is 4. The first-order valence-electron chi connectivity index (χ1n) is 17.8. The van der Waals surface area contributed by atoms with Crippen LogP contribution in [0.2, 0.25) is 0 Å². The third-order valence-electron chi connectivity index (χ3n) is 8.59. The van der Waals surface area contributed by atoms with Crippen LogP contribution in [0.4, 0.5) is 10.5 Å². The monoisotopic (exact) mass is 663 g/mol. The van der Waals surface area contributed by atoms with Crippen molar-refractivity contribution in [1.29, 1.82) is 0 Å². The van der Waals surface area contributed by atoms with Gasteiger partial charge in [0.05, 0.1) is 0 Å². The molecule has 4 aromatic carbocycles. The molecule has 7 heteroatoms. The van der Waals surface area contributed by atoms with E-state index in [1.807, 2.05) is 97.1 Å². The number of nitrogens with one attached hydrogen (secondary N) is 2. The van der Waals surface area contributed by atoms with E-state index in [-0.39, 0.29) is 18.2 Å². The molecule has 260 valence electrons. The van der Waals surface area contributed by atoms with Gasteiger partial charge in [-0.3, -0.25) is 9.59 Å². The number of hydrogen-bond donors (Lipinski definition) is 2. The Bertz CT molecular complexity index is 1650. The molecule has 0 bridgehead atoms. The van der Waals surface area contributed by atoms with Crippen molar-refractivity contribution in [2.45, 2.75) is 104 Å². The molecular formula is C42H53N3O4. The first kappa shape index (κ1) is 37.2. The lowest BCUT2D eigenvalue weighted by Gasteiger charge is -2.35. The highest BCUT2D eigenvalue weighted by atomic mass is 16.6. The van der Waals surface area contributed by atoms with Crippen LogP contribution >= 0.6 is 0 Å². The average Bonchev–Trinajstić information content (AvgIpc) is 3.08. The van der Waals surface area contributed by atoms with Gasteiger partial charge in [0, 0.05) is 18.7 Å². The van der Waals surface area contributed by atoms with E-state index in [0.717, 1.165) is 60.4 Å². The van der Waals surface area contributed by atoms with Gasteiger partial charge >= 0.3 is 6.09 Å². The van der Waals surface area contributed by atoms with E-state index in [1.165, 1.54) is 6.42 Å². The molecule has 2 unspecified atom stereocenters. The van der Waals surface area contributed by atoms with Crippen molar-refractivity contribution in [2.75, 3.05) is 11.9 Å². The van der Waals surface area contributed by atoms with E-state index < -0.39 is 23.8 Å². The third kappa shape index (κ3) is 11.5. The van der Waals surface area contributed by atoms with Gasteiger partial charge in [0.2, 0.25) is 5.91 Å². The number of carbonyl (C=O) groups is 3. The highest BCUT2D eigenvalue weighted by Crippen LogP contribution is 2.28. The topological polar surface area (TPSA) is 87.7 Å². The molecule has 2 N–H and O–H groups in total. The van der Waals surface area contributed by atoms with Crippen LogP contribution in [0.25, 0.3) is 10.8 Å². The molecule has 0 aromatic heterocycles. The summed E-state index contributed by atoms with van der Waals surface area (Å²) < 4.78 is 5.60. The lowest BCUT2D eigenvalue weighted by molar-refractivity contribution is -0.140. The molecule has 4 rings (SSSR count). The minimum absolute atomic E-state index is 0.250. The normalized spacial score (nSPS) is 12.6. The zero-order valence-electron chi connectivity index (χ0n) is 29.8. The average molecular weight is 664 g/mol. The van der Waals surface area contributed by atoms with Crippen LogP contribution in [0.1, 0.15) is 95.9 Å². The Hall–Kier alpha value is -4.65. The van der Waals surface area contributed by atoms with Crippen LogP contribution < -0.4 is 10.6 Å². The molecular weight excluding hydrogens is 610 g/mol. The van der Waals surface area contributed by atoms with Gasteiger partial charge in [-0.1, -0.05) is 131 Å². The van der Waals surface area contributed by atoms with Crippen molar-refractivity contribution in [3.63, 3.8) is 0 Å². The number of alkyl carbamates (subject to hydrolysis) is 1. The number of fused-ring (bicyclic) bond motifs is 1. The van der Waals surface area contributed by atoms with Crippen LogP contribution in [0.5, 0.6) is 0 Å². The number of unbranched alkanes of at least 4 members (excludes halogenated alkanes) is 5.